The molecule has 0 fully saturated rings. The monoisotopic (exact) mass is 225 g/mol. The number of benzene rings is 1. The molecule has 2 rings (SSSR count). The smallest absolute Gasteiger partial charge is 0.354 e. The minimum absolute atomic E-state index is 0.154. The molecule has 3 nitrogen and oxygen atoms in total. The van der Waals surface area contributed by atoms with Gasteiger partial charge in [0.2, 0.25) is 0 Å². The second kappa shape index (κ2) is 3.47. The molecule has 0 amide bonds. The second-order valence-corrected chi connectivity index (χ2v) is 3.36. The number of halogens is 2. The van der Waals surface area contributed by atoms with E-state index in [1.807, 2.05) is 0 Å². The number of hydrogen-bond donors (Lipinski definition) is 1. The fourth-order valence-electron chi connectivity index (χ4n) is 1.27. The van der Waals surface area contributed by atoms with Gasteiger partial charge < -0.3 is 5.11 Å². The van der Waals surface area contributed by atoms with E-state index in [9.17, 15) is 9.18 Å². The highest BCUT2D eigenvalue weighted by Crippen LogP contribution is 2.23. The maximum absolute atomic E-state index is 12.9. The fraction of sp³-hybridized carbons (Fsp3) is 0. The highest BCUT2D eigenvalue weighted by Gasteiger charge is 2.09. The Hall–Kier alpha value is -1.68. The molecule has 1 N–H and O–H groups in total. The van der Waals surface area contributed by atoms with Gasteiger partial charge in [0.1, 0.15) is 11.5 Å². The van der Waals surface area contributed by atoms with Gasteiger partial charge in [0.15, 0.2) is 0 Å². The van der Waals surface area contributed by atoms with Crippen LogP contribution in [0.5, 0.6) is 0 Å². The highest BCUT2D eigenvalue weighted by atomic mass is 35.5. The van der Waals surface area contributed by atoms with E-state index in [4.69, 9.17) is 16.7 Å². The van der Waals surface area contributed by atoms with Crippen molar-refractivity contribution in [2.24, 2.45) is 0 Å². The van der Waals surface area contributed by atoms with E-state index in [1.165, 1.54) is 24.3 Å². The predicted molar refractivity (Wildman–Crippen MR) is 53.7 cm³/mol. The molecule has 0 unspecified atom stereocenters. The lowest BCUT2D eigenvalue weighted by atomic mass is 10.2. The lowest BCUT2D eigenvalue weighted by Gasteiger charge is -2.01. The van der Waals surface area contributed by atoms with Gasteiger partial charge in [-0.1, -0.05) is 11.6 Å². The molecule has 1 aromatic carbocycles. The van der Waals surface area contributed by atoms with Crippen LogP contribution in [0.2, 0.25) is 5.02 Å². The van der Waals surface area contributed by atoms with Gasteiger partial charge in [-0.05, 0) is 24.3 Å². The minimum atomic E-state index is -1.16. The van der Waals surface area contributed by atoms with Gasteiger partial charge in [0.25, 0.3) is 0 Å². The Bertz CT molecular complexity index is 556. The van der Waals surface area contributed by atoms with E-state index in [-0.39, 0.29) is 10.7 Å². The first kappa shape index (κ1) is 9.86. The van der Waals surface area contributed by atoms with E-state index in [0.717, 1.165) is 0 Å². The van der Waals surface area contributed by atoms with Gasteiger partial charge in [-0.15, -0.1) is 0 Å². The molecule has 0 aliphatic rings. The van der Waals surface area contributed by atoms with Gasteiger partial charge in [0, 0.05) is 5.39 Å². The Morgan fingerprint density at radius 2 is 2.13 bits per heavy atom. The van der Waals surface area contributed by atoms with Gasteiger partial charge >= 0.3 is 5.97 Å². The zero-order valence-corrected chi connectivity index (χ0v) is 8.12. The van der Waals surface area contributed by atoms with Crippen molar-refractivity contribution in [2.75, 3.05) is 0 Å². The molecule has 0 aliphatic carbocycles. The molecule has 1 aromatic heterocycles. The zero-order valence-electron chi connectivity index (χ0n) is 7.37. The first-order valence-corrected chi connectivity index (χ1v) is 4.45. The van der Waals surface area contributed by atoms with Crippen LogP contribution in [0.4, 0.5) is 4.39 Å². The summed E-state index contributed by atoms with van der Waals surface area (Å²) in [5, 5.41) is 9.31. The van der Waals surface area contributed by atoms with Crippen molar-refractivity contribution in [3.05, 3.63) is 40.8 Å². The number of fused-ring (bicyclic) bond motifs is 1. The number of hydrogen-bond acceptors (Lipinski definition) is 2. The Balaban J connectivity index is 2.78. The number of nitrogens with zero attached hydrogens (tertiary/aromatic N) is 1. The van der Waals surface area contributed by atoms with Crippen LogP contribution in [0.3, 0.4) is 0 Å². The standard InChI is InChI=1S/C10H5ClFNO2/c11-7-4-9(10(14)15)13-8-2-1-5(12)3-6(7)8/h1-4H,(H,14,15). The molecule has 1 heterocycles. The molecule has 0 bridgehead atoms. The quantitative estimate of drug-likeness (QED) is 0.812. The van der Waals surface area contributed by atoms with E-state index in [2.05, 4.69) is 4.98 Å². The normalized spacial score (nSPS) is 10.5. The number of carbonyl (C=O) groups is 1. The zero-order chi connectivity index (χ0) is 11.0. The molecular weight excluding hydrogens is 221 g/mol. The van der Waals surface area contributed by atoms with Crippen molar-refractivity contribution in [1.29, 1.82) is 0 Å². The molecule has 0 radical (unpaired) electrons. The number of aromatic nitrogens is 1. The van der Waals surface area contributed by atoms with E-state index in [0.29, 0.717) is 10.9 Å². The molecule has 0 saturated carbocycles. The van der Waals surface area contributed by atoms with Crippen LogP contribution in [0.15, 0.2) is 24.3 Å². The summed E-state index contributed by atoms with van der Waals surface area (Å²) < 4.78 is 12.9. The summed E-state index contributed by atoms with van der Waals surface area (Å²) in [5.41, 5.74) is 0.209. The Morgan fingerprint density at radius 1 is 1.40 bits per heavy atom. The Kier molecular flexibility index (Phi) is 2.28. The van der Waals surface area contributed by atoms with Crippen molar-refractivity contribution >= 4 is 28.5 Å². The first-order chi connectivity index (χ1) is 7.08. The van der Waals surface area contributed by atoms with Crippen molar-refractivity contribution in [3.63, 3.8) is 0 Å². The van der Waals surface area contributed by atoms with Crippen LogP contribution in [-0.4, -0.2) is 16.1 Å². The third-order valence-electron chi connectivity index (χ3n) is 1.94. The lowest BCUT2D eigenvalue weighted by Crippen LogP contribution is -2.00. The number of aromatic carboxylic acids is 1. The van der Waals surface area contributed by atoms with Crippen LogP contribution in [0.1, 0.15) is 10.5 Å². The first-order valence-electron chi connectivity index (χ1n) is 4.07. The van der Waals surface area contributed by atoms with Crippen LogP contribution >= 0.6 is 11.6 Å². The van der Waals surface area contributed by atoms with Gasteiger partial charge in [-0.2, -0.15) is 0 Å². The third kappa shape index (κ3) is 1.76. The summed E-state index contributed by atoms with van der Waals surface area (Å²) in [6, 6.07) is 5.02. The van der Waals surface area contributed by atoms with E-state index < -0.39 is 11.8 Å². The fourth-order valence-corrected chi connectivity index (χ4v) is 1.52. The SMILES string of the molecule is O=C(O)c1cc(Cl)c2cc(F)ccc2n1. The van der Waals surface area contributed by atoms with Crippen molar-refractivity contribution in [1.82, 2.24) is 4.98 Å². The molecule has 0 spiro atoms. The van der Waals surface area contributed by atoms with Crippen molar-refractivity contribution in [2.45, 2.75) is 0 Å². The molecule has 5 heteroatoms. The predicted octanol–water partition coefficient (Wildman–Crippen LogP) is 2.73. The third-order valence-corrected chi connectivity index (χ3v) is 2.25. The number of rotatable bonds is 1. The summed E-state index contributed by atoms with van der Waals surface area (Å²) in [7, 11) is 0. The Morgan fingerprint density at radius 3 is 2.80 bits per heavy atom. The minimum Gasteiger partial charge on any atom is -0.477 e. The molecule has 15 heavy (non-hydrogen) atoms. The molecule has 0 atom stereocenters. The van der Waals surface area contributed by atoms with E-state index in [1.54, 1.807) is 0 Å². The maximum atomic E-state index is 12.9. The summed E-state index contributed by atoms with van der Waals surface area (Å²) in [6.45, 7) is 0. The molecule has 2 aromatic rings. The summed E-state index contributed by atoms with van der Waals surface area (Å²) in [6.07, 6.45) is 0. The van der Waals surface area contributed by atoms with Gasteiger partial charge in [-0.3, -0.25) is 0 Å². The van der Waals surface area contributed by atoms with Crippen LogP contribution in [-0.2, 0) is 0 Å². The van der Waals surface area contributed by atoms with Crippen molar-refractivity contribution < 1.29 is 14.3 Å². The summed E-state index contributed by atoms with van der Waals surface area (Å²) >= 11 is 5.81. The summed E-state index contributed by atoms with van der Waals surface area (Å²) in [5.74, 6) is -1.60. The molecule has 76 valence electrons. The average molecular weight is 226 g/mol. The molecule has 0 aliphatic heterocycles. The molecular formula is C10H5ClFNO2. The average Bonchev–Trinajstić information content (AvgIpc) is 2.18. The lowest BCUT2D eigenvalue weighted by molar-refractivity contribution is 0.0691. The van der Waals surface area contributed by atoms with Crippen LogP contribution in [0, 0.1) is 5.82 Å². The second-order valence-electron chi connectivity index (χ2n) is 2.96. The van der Waals surface area contributed by atoms with Crippen LogP contribution < -0.4 is 0 Å². The number of pyridine rings is 1. The van der Waals surface area contributed by atoms with Gasteiger partial charge in [0.05, 0.1) is 10.5 Å². The maximum Gasteiger partial charge on any atom is 0.354 e. The molecule has 0 saturated heterocycles. The highest BCUT2D eigenvalue weighted by molar-refractivity contribution is 6.35. The van der Waals surface area contributed by atoms with Crippen molar-refractivity contribution in [3.8, 4) is 0 Å². The number of carboxylic acids is 1. The Labute approximate surface area is 89.1 Å². The topological polar surface area (TPSA) is 50.2 Å². The number of carboxylic acid groups (broad SMARTS) is 1. The largest absolute Gasteiger partial charge is 0.477 e. The summed E-state index contributed by atoms with van der Waals surface area (Å²) in [4.78, 5) is 14.5. The van der Waals surface area contributed by atoms with Crippen LogP contribution in [0.25, 0.3) is 10.9 Å². The van der Waals surface area contributed by atoms with E-state index >= 15 is 0 Å². The van der Waals surface area contributed by atoms with Gasteiger partial charge in [-0.25, -0.2) is 14.2 Å².